The van der Waals surface area contributed by atoms with Crippen LogP contribution in [0.2, 0.25) is 0 Å². The summed E-state index contributed by atoms with van der Waals surface area (Å²) in [7, 11) is 0. The Labute approximate surface area is 167 Å². The van der Waals surface area contributed by atoms with Crippen LogP contribution in [0, 0.1) is 10.1 Å². The van der Waals surface area contributed by atoms with Crippen molar-refractivity contribution in [1.82, 2.24) is 5.32 Å². The van der Waals surface area contributed by atoms with Crippen LogP contribution in [0.1, 0.15) is 31.0 Å². The fourth-order valence-corrected chi connectivity index (χ4v) is 3.10. The summed E-state index contributed by atoms with van der Waals surface area (Å²) in [4.78, 5) is 34.6. The molecule has 2 rings (SSSR count). The highest BCUT2D eigenvalue weighted by molar-refractivity contribution is 8.00. The van der Waals surface area contributed by atoms with Gasteiger partial charge in [-0.15, -0.1) is 11.8 Å². The number of thioether (sulfide) groups is 1. The third kappa shape index (κ3) is 6.70. The maximum Gasteiger partial charge on any atom is 0.316 e. The SMILES string of the molecule is CCc1ccc([C@H](C)NC(=O)COC(=O)CSc2ccc([N+](=O)[O-])cc2)cc1. The van der Waals surface area contributed by atoms with Crippen molar-refractivity contribution in [2.45, 2.75) is 31.2 Å². The second-order valence-corrected chi connectivity index (χ2v) is 7.13. The average molecular weight is 402 g/mol. The van der Waals surface area contributed by atoms with Crippen LogP contribution in [0.4, 0.5) is 5.69 Å². The van der Waals surface area contributed by atoms with E-state index in [4.69, 9.17) is 4.74 Å². The lowest BCUT2D eigenvalue weighted by Crippen LogP contribution is -2.31. The summed E-state index contributed by atoms with van der Waals surface area (Å²) in [5.74, 6) is -0.890. The number of nitro groups is 1. The van der Waals surface area contributed by atoms with E-state index in [1.165, 1.54) is 29.5 Å². The predicted octanol–water partition coefficient (Wildman–Crippen LogP) is 3.67. The van der Waals surface area contributed by atoms with Gasteiger partial charge < -0.3 is 10.1 Å². The molecule has 2 aromatic rings. The van der Waals surface area contributed by atoms with Gasteiger partial charge in [-0.1, -0.05) is 31.2 Å². The first-order valence-electron chi connectivity index (χ1n) is 8.80. The Morgan fingerprint density at radius 1 is 1.14 bits per heavy atom. The number of rotatable bonds is 9. The summed E-state index contributed by atoms with van der Waals surface area (Å²) in [5, 5.41) is 13.4. The number of non-ortho nitro benzene ring substituents is 1. The number of nitrogens with zero attached hydrogens (tertiary/aromatic N) is 1. The number of hydrogen-bond donors (Lipinski definition) is 1. The number of ether oxygens (including phenoxy) is 1. The highest BCUT2D eigenvalue weighted by Gasteiger charge is 2.13. The van der Waals surface area contributed by atoms with Gasteiger partial charge in [0.05, 0.1) is 16.7 Å². The van der Waals surface area contributed by atoms with Gasteiger partial charge in [0.2, 0.25) is 0 Å². The molecule has 0 saturated carbocycles. The number of aryl methyl sites for hydroxylation is 1. The monoisotopic (exact) mass is 402 g/mol. The Hall–Kier alpha value is -2.87. The Morgan fingerprint density at radius 2 is 1.79 bits per heavy atom. The smallest absolute Gasteiger partial charge is 0.316 e. The lowest BCUT2D eigenvalue weighted by molar-refractivity contribution is -0.384. The number of carbonyl (C=O) groups is 2. The number of nitro benzene ring substituents is 1. The van der Waals surface area contributed by atoms with E-state index in [1.54, 1.807) is 12.1 Å². The summed E-state index contributed by atoms with van der Waals surface area (Å²) in [5.41, 5.74) is 2.19. The van der Waals surface area contributed by atoms with Crippen molar-refractivity contribution in [2.75, 3.05) is 12.4 Å². The lowest BCUT2D eigenvalue weighted by Gasteiger charge is -2.15. The first-order chi connectivity index (χ1) is 13.4. The summed E-state index contributed by atoms with van der Waals surface area (Å²) in [6.45, 7) is 3.59. The fourth-order valence-electron chi connectivity index (χ4n) is 2.40. The van der Waals surface area contributed by atoms with E-state index >= 15 is 0 Å². The molecule has 148 valence electrons. The van der Waals surface area contributed by atoms with Crippen LogP contribution in [-0.4, -0.2) is 29.2 Å². The largest absolute Gasteiger partial charge is 0.455 e. The van der Waals surface area contributed by atoms with E-state index in [1.807, 2.05) is 31.2 Å². The van der Waals surface area contributed by atoms with Gasteiger partial charge in [-0.2, -0.15) is 0 Å². The van der Waals surface area contributed by atoms with Crippen LogP contribution < -0.4 is 5.32 Å². The first kappa shape index (κ1) is 21.4. The van der Waals surface area contributed by atoms with Crippen LogP contribution >= 0.6 is 11.8 Å². The van der Waals surface area contributed by atoms with Gasteiger partial charge in [0, 0.05) is 17.0 Å². The van der Waals surface area contributed by atoms with Crippen LogP contribution in [0.5, 0.6) is 0 Å². The zero-order valence-corrected chi connectivity index (χ0v) is 16.5. The summed E-state index contributed by atoms with van der Waals surface area (Å²) >= 11 is 1.19. The van der Waals surface area contributed by atoms with Gasteiger partial charge in [0.25, 0.3) is 11.6 Å². The molecule has 7 nitrogen and oxygen atoms in total. The van der Waals surface area contributed by atoms with Crippen molar-refractivity contribution in [3.8, 4) is 0 Å². The molecule has 0 aliphatic rings. The minimum Gasteiger partial charge on any atom is -0.455 e. The average Bonchev–Trinajstić information content (AvgIpc) is 2.71. The molecule has 1 amide bonds. The highest BCUT2D eigenvalue weighted by Crippen LogP contribution is 2.21. The van der Waals surface area contributed by atoms with Crippen LogP contribution in [0.3, 0.4) is 0 Å². The van der Waals surface area contributed by atoms with Gasteiger partial charge in [-0.05, 0) is 36.6 Å². The minimum atomic E-state index is -0.529. The van der Waals surface area contributed by atoms with Gasteiger partial charge in [0.15, 0.2) is 6.61 Å². The third-order valence-corrected chi connectivity index (χ3v) is 5.02. The second kappa shape index (κ2) is 10.5. The molecule has 2 aromatic carbocycles. The van der Waals surface area contributed by atoms with Gasteiger partial charge in [-0.3, -0.25) is 19.7 Å². The highest BCUT2D eigenvalue weighted by atomic mass is 32.2. The Morgan fingerprint density at radius 3 is 2.36 bits per heavy atom. The number of amides is 1. The zero-order chi connectivity index (χ0) is 20.5. The second-order valence-electron chi connectivity index (χ2n) is 6.08. The quantitative estimate of drug-likeness (QED) is 0.297. The topological polar surface area (TPSA) is 98.5 Å². The molecule has 8 heteroatoms. The number of carbonyl (C=O) groups excluding carboxylic acids is 2. The summed E-state index contributed by atoms with van der Waals surface area (Å²) < 4.78 is 4.98. The molecule has 0 saturated heterocycles. The van der Waals surface area contributed by atoms with Crippen molar-refractivity contribution in [1.29, 1.82) is 0 Å². The van der Waals surface area contributed by atoms with E-state index < -0.39 is 10.9 Å². The Bertz CT molecular complexity index is 821. The molecule has 0 aliphatic carbocycles. The molecule has 0 aliphatic heterocycles. The maximum atomic E-state index is 12.0. The molecule has 1 atom stereocenters. The van der Waals surface area contributed by atoms with E-state index in [9.17, 15) is 19.7 Å². The molecule has 0 radical (unpaired) electrons. The van der Waals surface area contributed by atoms with E-state index in [0.717, 1.165) is 12.0 Å². The number of esters is 1. The van der Waals surface area contributed by atoms with Gasteiger partial charge in [-0.25, -0.2) is 0 Å². The molecule has 0 aromatic heterocycles. The number of nitrogens with one attached hydrogen (secondary N) is 1. The fraction of sp³-hybridized carbons (Fsp3) is 0.300. The summed E-state index contributed by atoms with van der Waals surface area (Å²) in [6.07, 6.45) is 0.953. The van der Waals surface area contributed by atoms with Crippen molar-refractivity contribution < 1.29 is 19.2 Å². The molecule has 0 heterocycles. The zero-order valence-electron chi connectivity index (χ0n) is 15.7. The molecule has 0 unspecified atom stereocenters. The third-order valence-electron chi connectivity index (χ3n) is 4.03. The Balaban J connectivity index is 1.72. The van der Waals surface area contributed by atoms with E-state index in [2.05, 4.69) is 12.2 Å². The molecule has 0 bridgehead atoms. The molecular weight excluding hydrogens is 380 g/mol. The Kier molecular flexibility index (Phi) is 8.01. The predicted molar refractivity (Wildman–Crippen MR) is 107 cm³/mol. The number of hydrogen-bond acceptors (Lipinski definition) is 6. The molecule has 0 spiro atoms. The van der Waals surface area contributed by atoms with E-state index in [-0.39, 0.29) is 30.0 Å². The van der Waals surface area contributed by atoms with Crippen LogP contribution in [-0.2, 0) is 20.7 Å². The van der Waals surface area contributed by atoms with Crippen LogP contribution in [0.25, 0.3) is 0 Å². The van der Waals surface area contributed by atoms with Crippen molar-refractivity contribution >= 4 is 29.3 Å². The van der Waals surface area contributed by atoms with Crippen LogP contribution in [0.15, 0.2) is 53.4 Å². The normalized spacial score (nSPS) is 11.5. The van der Waals surface area contributed by atoms with Crippen molar-refractivity contribution in [3.63, 3.8) is 0 Å². The molecular formula is C20H22N2O5S. The van der Waals surface area contributed by atoms with Gasteiger partial charge >= 0.3 is 5.97 Å². The lowest BCUT2D eigenvalue weighted by atomic mass is 10.1. The molecule has 28 heavy (non-hydrogen) atoms. The summed E-state index contributed by atoms with van der Waals surface area (Å²) in [6, 6.07) is 13.7. The van der Waals surface area contributed by atoms with Crippen molar-refractivity contribution in [3.05, 3.63) is 69.8 Å². The molecule has 1 N–H and O–H groups in total. The standard InChI is InChI=1S/C20H22N2O5S/c1-3-15-4-6-16(7-5-15)14(2)21-19(23)12-27-20(24)13-28-18-10-8-17(9-11-18)22(25)26/h4-11,14H,3,12-13H2,1-2H3,(H,21,23)/t14-/m0/s1. The van der Waals surface area contributed by atoms with E-state index in [0.29, 0.717) is 4.90 Å². The van der Waals surface area contributed by atoms with Gasteiger partial charge in [0.1, 0.15) is 0 Å². The van der Waals surface area contributed by atoms with Crippen molar-refractivity contribution in [2.24, 2.45) is 0 Å². The minimum absolute atomic E-state index is 0.0120. The molecule has 0 fully saturated rings. The number of benzene rings is 2. The maximum absolute atomic E-state index is 12.0. The first-order valence-corrected chi connectivity index (χ1v) is 9.78.